The molecule has 3 aromatic rings. The maximum Gasteiger partial charge on any atom is 0.345 e. The number of pyridine rings is 1. The Morgan fingerprint density at radius 2 is 1.72 bits per heavy atom. The Morgan fingerprint density at radius 1 is 1.03 bits per heavy atom. The van der Waals surface area contributed by atoms with E-state index in [9.17, 15) is 4.79 Å². The van der Waals surface area contributed by atoms with Crippen LogP contribution in [0.15, 0.2) is 42.6 Å². The summed E-state index contributed by atoms with van der Waals surface area (Å²) in [5, 5.41) is 5.48. The first-order valence-electron chi connectivity index (χ1n) is 12.6. The van der Waals surface area contributed by atoms with Gasteiger partial charge in [-0.3, -0.25) is 9.88 Å². The lowest BCUT2D eigenvalue weighted by atomic mass is 10.0. The zero-order valence-electron chi connectivity index (χ0n) is 21.2. The minimum absolute atomic E-state index is 0.295. The van der Waals surface area contributed by atoms with Crippen molar-refractivity contribution in [1.82, 2.24) is 9.88 Å². The van der Waals surface area contributed by atoms with Crippen molar-refractivity contribution in [2.45, 2.75) is 46.2 Å². The van der Waals surface area contributed by atoms with Crippen LogP contribution in [0.25, 0.3) is 10.9 Å². The Hall–Kier alpha value is -3.03. The second-order valence-electron chi connectivity index (χ2n) is 8.77. The number of hydrogen-bond donors (Lipinski definition) is 1. The van der Waals surface area contributed by atoms with Crippen molar-refractivity contribution in [3.63, 3.8) is 0 Å². The molecule has 8 heteroatoms. The van der Waals surface area contributed by atoms with E-state index in [1.807, 2.05) is 56.4 Å². The van der Waals surface area contributed by atoms with Crippen molar-refractivity contribution < 1.29 is 19.0 Å². The summed E-state index contributed by atoms with van der Waals surface area (Å²) in [5.41, 5.74) is 3.40. The Balaban J connectivity index is 1.44. The lowest BCUT2D eigenvalue weighted by molar-refractivity contribution is 0.0517. The van der Waals surface area contributed by atoms with Crippen LogP contribution in [0.1, 0.15) is 49.5 Å². The molecule has 0 spiro atoms. The average Bonchev–Trinajstić information content (AvgIpc) is 2.86. The summed E-state index contributed by atoms with van der Waals surface area (Å²) in [5.74, 6) is 0.602. The summed E-state index contributed by atoms with van der Waals surface area (Å²) in [6.45, 7) is 9.47. The first-order valence-corrected chi connectivity index (χ1v) is 13.0. The van der Waals surface area contributed by atoms with Crippen LogP contribution in [0.4, 0.5) is 5.69 Å². The highest BCUT2D eigenvalue weighted by molar-refractivity contribution is 6.31. The fourth-order valence-electron chi connectivity index (χ4n) is 4.64. The van der Waals surface area contributed by atoms with Crippen LogP contribution in [-0.2, 0) is 11.3 Å². The van der Waals surface area contributed by atoms with E-state index >= 15 is 0 Å². The molecular weight excluding hydrogens is 478 g/mol. The van der Waals surface area contributed by atoms with Crippen molar-refractivity contribution in [3.8, 4) is 11.5 Å². The van der Waals surface area contributed by atoms with Gasteiger partial charge in [0.1, 0.15) is 17.1 Å². The number of piperidine rings is 1. The molecule has 2 aromatic carbocycles. The van der Waals surface area contributed by atoms with Crippen LogP contribution in [0.5, 0.6) is 11.5 Å². The molecule has 192 valence electrons. The first-order chi connectivity index (χ1) is 17.5. The molecule has 1 N–H and O–H groups in total. The summed E-state index contributed by atoms with van der Waals surface area (Å²) in [6, 6.07) is 12.1. The SMILES string of the molecule is CCOC(=O)c1c(OCC)cc(CN2CCC(Nc3ccnc4cc(Cl)ccc34)CC2)cc1OCC. The van der Waals surface area contributed by atoms with Crippen molar-refractivity contribution in [2.75, 3.05) is 38.2 Å². The van der Waals surface area contributed by atoms with E-state index in [-0.39, 0.29) is 0 Å². The maximum absolute atomic E-state index is 12.6. The molecule has 4 rings (SSSR count). The van der Waals surface area contributed by atoms with E-state index < -0.39 is 5.97 Å². The Labute approximate surface area is 217 Å². The number of ether oxygens (including phenoxy) is 3. The number of esters is 1. The van der Waals surface area contributed by atoms with Gasteiger partial charge in [-0.1, -0.05) is 11.6 Å². The van der Waals surface area contributed by atoms with Gasteiger partial charge in [-0.15, -0.1) is 0 Å². The molecule has 1 aliphatic rings. The van der Waals surface area contributed by atoms with Gasteiger partial charge in [-0.25, -0.2) is 4.79 Å². The van der Waals surface area contributed by atoms with E-state index in [4.69, 9.17) is 25.8 Å². The summed E-state index contributed by atoms with van der Waals surface area (Å²) in [6.07, 6.45) is 3.87. The van der Waals surface area contributed by atoms with Gasteiger partial charge in [0.2, 0.25) is 0 Å². The minimum Gasteiger partial charge on any atom is -0.493 e. The number of carbonyl (C=O) groups excluding carboxylic acids is 1. The first kappa shape index (κ1) is 26.0. The summed E-state index contributed by atoms with van der Waals surface area (Å²) >= 11 is 6.13. The Kier molecular flexibility index (Phi) is 8.88. The molecule has 0 atom stereocenters. The standard InChI is InChI=1S/C28H34ClN3O4/c1-4-34-25-15-19(16-26(35-5-2)27(25)28(33)36-6-3)18-32-13-10-21(11-14-32)31-23-9-12-30-24-17-20(29)7-8-22(23)24/h7-9,12,15-17,21H,4-6,10-11,13-14,18H2,1-3H3,(H,30,31). The molecular formula is C28H34ClN3O4. The molecule has 36 heavy (non-hydrogen) atoms. The number of fused-ring (bicyclic) bond motifs is 1. The fourth-order valence-corrected chi connectivity index (χ4v) is 4.81. The molecule has 0 amide bonds. The third-order valence-corrected chi connectivity index (χ3v) is 6.50. The molecule has 1 fully saturated rings. The highest BCUT2D eigenvalue weighted by atomic mass is 35.5. The third-order valence-electron chi connectivity index (χ3n) is 6.26. The van der Waals surface area contributed by atoms with Crippen LogP contribution >= 0.6 is 11.6 Å². The zero-order chi connectivity index (χ0) is 25.5. The van der Waals surface area contributed by atoms with Crippen molar-refractivity contribution in [2.24, 2.45) is 0 Å². The van der Waals surface area contributed by atoms with Crippen LogP contribution < -0.4 is 14.8 Å². The van der Waals surface area contributed by atoms with E-state index in [1.54, 1.807) is 6.92 Å². The largest absolute Gasteiger partial charge is 0.493 e. The number of halogens is 1. The number of nitrogens with one attached hydrogen (secondary N) is 1. The Bertz CT molecular complexity index is 1170. The van der Waals surface area contributed by atoms with Crippen LogP contribution in [-0.4, -0.2) is 54.8 Å². The van der Waals surface area contributed by atoms with Gasteiger partial charge >= 0.3 is 5.97 Å². The summed E-state index contributed by atoms with van der Waals surface area (Å²) in [4.78, 5) is 19.5. The van der Waals surface area contributed by atoms with Crippen molar-refractivity contribution >= 4 is 34.2 Å². The van der Waals surface area contributed by atoms with Crippen LogP contribution in [0.2, 0.25) is 5.02 Å². The maximum atomic E-state index is 12.6. The van der Waals surface area contributed by atoms with E-state index in [0.717, 1.165) is 54.6 Å². The summed E-state index contributed by atoms with van der Waals surface area (Å²) in [7, 11) is 0. The molecule has 0 saturated carbocycles. The smallest absolute Gasteiger partial charge is 0.345 e. The van der Waals surface area contributed by atoms with Gasteiger partial charge in [-0.05, 0) is 75.6 Å². The number of anilines is 1. The number of hydrogen-bond acceptors (Lipinski definition) is 7. The van der Waals surface area contributed by atoms with Gasteiger partial charge in [0.05, 0.1) is 25.3 Å². The predicted octanol–water partition coefficient (Wildman–Crippen LogP) is 5.94. The van der Waals surface area contributed by atoms with Gasteiger partial charge in [-0.2, -0.15) is 0 Å². The zero-order valence-corrected chi connectivity index (χ0v) is 21.9. The van der Waals surface area contributed by atoms with Crippen molar-refractivity contribution in [1.29, 1.82) is 0 Å². The molecule has 0 radical (unpaired) electrons. The molecule has 2 heterocycles. The highest BCUT2D eigenvalue weighted by Crippen LogP contribution is 2.33. The number of nitrogens with zero attached hydrogens (tertiary/aromatic N) is 2. The number of benzene rings is 2. The fraction of sp³-hybridized carbons (Fsp3) is 0.429. The number of aromatic nitrogens is 1. The van der Waals surface area contributed by atoms with E-state index in [0.29, 0.717) is 47.9 Å². The highest BCUT2D eigenvalue weighted by Gasteiger charge is 2.24. The molecule has 1 aromatic heterocycles. The minimum atomic E-state index is -0.422. The quantitative estimate of drug-likeness (QED) is 0.338. The Morgan fingerprint density at radius 3 is 2.36 bits per heavy atom. The van der Waals surface area contributed by atoms with Gasteiger partial charge in [0.15, 0.2) is 0 Å². The van der Waals surface area contributed by atoms with E-state index in [1.165, 1.54) is 0 Å². The van der Waals surface area contributed by atoms with Crippen LogP contribution in [0, 0.1) is 0 Å². The van der Waals surface area contributed by atoms with Crippen LogP contribution in [0.3, 0.4) is 0 Å². The predicted molar refractivity (Wildman–Crippen MR) is 143 cm³/mol. The van der Waals surface area contributed by atoms with Gasteiger partial charge in [0, 0.05) is 48.0 Å². The summed E-state index contributed by atoms with van der Waals surface area (Å²) < 4.78 is 16.9. The second kappa shape index (κ2) is 12.3. The number of carbonyl (C=O) groups is 1. The molecule has 0 aliphatic carbocycles. The van der Waals surface area contributed by atoms with E-state index in [2.05, 4.69) is 15.2 Å². The topological polar surface area (TPSA) is 72.9 Å². The monoisotopic (exact) mass is 511 g/mol. The molecule has 1 aliphatic heterocycles. The molecule has 0 unspecified atom stereocenters. The second-order valence-corrected chi connectivity index (χ2v) is 9.20. The molecule has 1 saturated heterocycles. The van der Waals surface area contributed by atoms with Gasteiger partial charge < -0.3 is 19.5 Å². The molecule has 7 nitrogen and oxygen atoms in total. The average molecular weight is 512 g/mol. The lowest BCUT2D eigenvalue weighted by Gasteiger charge is -2.33. The van der Waals surface area contributed by atoms with Gasteiger partial charge in [0.25, 0.3) is 0 Å². The third kappa shape index (κ3) is 6.20. The lowest BCUT2D eigenvalue weighted by Crippen LogP contribution is -2.38. The number of likely N-dealkylation sites (tertiary alicyclic amines) is 1. The van der Waals surface area contributed by atoms with Crippen molar-refractivity contribution in [3.05, 3.63) is 58.7 Å². The molecule has 0 bridgehead atoms. The normalized spacial score (nSPS) is 14.6. The number of rotatable bonds is 10.